The molecule has 0 aliphatic heterocycles. The van der Waals surface area contributed by atoms with Crippen LogP contribution in [-0.4, -0.2) is 11.0 Å². The second-order valence-corrected chi connectivity index (χ2v) is 7.87. The van der Waals surface area contributed by atoms with Gasteiger partial charge in [0.05, 0.1) is 17.1 Å². The molecule has 0 spiro atoms. The van der Waals surface area contributed by atoms with Crippen molar-refractivity contribution >= 4 is 57.6 Å². The van der Waals surface area contributed by atoms with E-state index < -0.39 is 0 Å². The van der Waals surface area contributed by atoms with Crippen LogP contribution in [0.4, 0.5) is 10.5 Å². The van der Waals surface area contributed by atoms with Gasteiger partial charge in [0.15, 0.2) is 0 Å². The number of anilines is 1. The Kier molecular flexibility index (Phi) is 5.40. The molecule has 0 atom stereocenters. The number of nitrogens with one attached hydrogen (secondary N) is 2. The highest BCUT2D eigenvalue weighted by Crippen LogP contribution is 2.31. The van der Waals surface area contributed by atoms with Crippen LogP contribution in [0.2, 0.25) is 10.0 Å². The summed E-state index contributed by atoms with van der Waals surface area (Å²) in [6.45, 7) is 2.36. The van der Waals surface area contributed by atoms with E-state index in [0.29, 0.717) is 22.3 Å². The zero-order chi connectivity index (χ0) is 17.1. The van der Waals surface area contributed by atoms with Crippen LogP contribution in [-0.2, 0) is 6.54 Å². The van der Waals surface area contributed by atoms with Gasteiger partial charge < -0.3 is 10.6 Å². The van der Waals surface area contributed by atoms with Gasteiger partial charge in [-0.15, -0.1) is 22.7 Å². The number of amides is 2. The van der Waals surface area contributed by atoms with Crippen molar-refractivity contribution in [2.45, 2.75) is 13.5 Å². The summed E-state index contributed by atoms with van der Waals surface area (Å²) in [4.78, 5) is 18.8. The minimum atomic E-state index is -0.321. The van der Waals surface area contributed by atoms with E-state index in [0.717, 1.165) is 20.5 Å². The van der Waals surface area contributed by atoms with E-state index in [1.165, 1.54) is 0 Å². The van der Waals surface area contributed by atoms with Crippen LogP contribution < -0.4 is 10.6 Å². The first-order valence-electron chi connectivity index (χ1n) is 7.02. The molecule has 0 saturated carbocycles. The molecule has 2 N–H and O–H groups in total. The summed E-state index contributed by atoms with van der Waals surface area (Å²) in [5.41, 5.74) is 1.47. The number of rotatable bonds is 4. The maximum Gasteiger partial charge on any atom is 0.319 e. The summed E-state index contributed by atoms with van der Waals surface area (Å²) in [5, 5.41) is 9.47. The van der Waals surface area contributed by atoms with Gasteiger partial charge >= 0.3 is 6.03 Å². The summed E-state index contributed by atoms with van der Waals surface area (Å²) in [7, 11) is 0. The molecule has 8 heteroatoms. The van der Waals surface area contributed by atoms with Crippen molar-refractivity contribution in [2.24, 2.45) is 0 Å². The van der Waals surface area contributed by atoms with Gasteiger partial charge in [0.2, 0.25) is 0 Å². The third-order valence-electron chi connectivity index (χ3n) is 3.15. The number of aromatic nitrogens is 1. The van der Waals surface area contributed by atoms with E-state index in [1.54, 1.807) is 40.9 Å². The average molecular weight is 398 g/mol. The molecule has 0 unspecified atom stereocenters. The fourth-order valence-corrected chi connectivity index (χ4v) is 4.38. The largest absolute Gasteiger partial charge is 0.333 e. The number of halogens is 2. The van der Waals surface area contributed by atoms with Crippen molar-refractivity contribution < 1.29 is 4.79 Å². The van der Waals surface area contributed by atoms with Gasteiger partial charge in [-0.1, -0.05) is 29.3 Å². The van der Waals surface area contributed by atoms with Crippen LogP contribution in [0.25, 0.3) is 9.88 Å². The van der Waals surface area contributed by atoms with Crippen LogP contribution in [0, 0.1) is 6.92 Å². The lowest BCUT2D eigenvalue weighted by Gasteiger charge is -2.08. The second-order valence-electron chi connectivity index (χ2n) is 4.97. The third kappa shape index (κ3) is 4.27. The Labute approximate surface area is 157 Å². The first kappa shape index (κ1) is 17.2. The molecule has 2 aromatic heterocycles. The molecule has 1 aromatic carbocycles. The molecule has 2 amide bonds. The van der Waals surface area contributed by atoms with Gasteiger partial charge in [-0.2, -0.15) is 0 Å². The Morgan fingerprint density at radius 3 is 2.67 bits per heavy atom. The van der Waals surface area contributed by atoms with Gasteiger partial charge in [0.25, 0.3) is 0 Å². The lowest BCUT2D eigenvalue weighted by molar-refractivity contribution is 0.252. The molecule has 0 bridgehead atoms. The Hall–Kier alpha value is -1.60. The first-order valence-corrected chi connectivity index (χ1v) is 9.47. The van der Waals surface area contributed by atoms with Crippen molar-refractivity contribution in [3.63, 3.8) is 0 Å². The van der Waals surface area contributed by atoms with E-state index in [4.69, 9.17) is 23.2 Å². The van der Waals surface area contributed by atoms with Crippen molar-refractivity contribution in [3.05, 3.63) is 56.3 Å². The van der Waals surface area contributed by atoms with E-state index in [-0.39, 0.29) is 6.03 Å². The number of hydrogen-bond acceptors (Lipinski definition) is 4. The molecule has 0 saturated heterocycles. The summed E-state index contributed by atoms with van der Waals surface area (Å²) >= 11 is 15.1. The molecule has 24 heavy (non-hydrogen) atoms. The van der Waals surface area contributed by atoms with E-state index in [2.05, 4.69) is 15.6 Å². The van der Waals surface area contributed by atoms with Crippen molar-refractivity contribution in [1.29, 1.82) is 0 Å². The number of urea groups is 1. The van der Waals surface area contributed by atoms with E-state index in [9.17, 15) is 4.79 Å². The maximum absolute atomic E-state index is 12.0. The van der Waals surface area contributed by atoms with Gasteiger partial charge in [-0.3, -0.25) is 0 Å². The number of benzene rings is 1. The third-order valence-corrected chi connectivity index (χ3v) is 5.79. The minimum absolute atomic E-state index is 0.321. The monoisotopic (exact) mass is 397 g/mol. The topological polar surface area (TPSA) is 54.0 Å². The SMILES string of the molecule is Cc1nc(-c2cccs2)sc1CNC(=O)Nc1cc(Cl)cc(Cl)c1. The number of hydrogen-bond donors (Lipinski definition) is 2. The average Bonchev–Trinajstić information content (AvgIpc) is 3.13. The van der Waals surface area contributed by atoms with Gasteiger partial charge in [0, 0.05) is 20.6 Å². The number of thiazole rings is 1. The van der Waals surface area contributed by atoms with Gasteiger partial charge in [0.1, 0.15) is 5.01 Å². The summed E-state index contributed by atoms with van der Waals surface area (Å²) in [6.07, 6.45) is 0. The molecule has 0 fully saturated rings. The van der Waals surface area contributed by atoms with Gasteiger partial charge in [-0.25, -0.2) is 9.78 Å². The molecule has 2 heterocycles. The number of thiophene rings is 1. The first-order chi connectivity index (χ1) is 11.5. The normalized spacial score (nSPS) is 10.6. The standard InChI is InChI=1S/C16H13Cl2N3OS2/c1-9-14(24-15(20-9)13-3-2-4-23-13)8-19-16(22)21-12-6-10(17)5-11(18)7-12/h2-7H,8H2,1H3,(H2,19,21,22). The van der Waals surface area contributed by atoms with Crippen molar-refractivity contribution in [1.82, 2.24) is 10.3 Å². The molecular weight excluding hydrogens is 385 g/mol. The molecule has 3 rings (SSSR count). The second kappa shape index (κ2) is 7.53. The number of carbonyl (C=O) groups excluding carboxylic acids is 1. The van der Waals surface area contributed by atoms with Crippen LogP contribution in [0.15, 0.2) is 35.7 Å². The predicted octanol–water partition coefficient (Wildman–Crippen LogP) is 5.81. The molecule has 3 aromatic rings. The fraction of sp³-hybridized carbons (Fsp3) is 0.125. The van der Waals surface area contributed by atoms with Crippen LogP contribution in [0.3, 0.4) is 0 Å². The Morgan fingerprint density at radius 2 is 2.00 bits per heavy atom. The van der Waals surface area contributed by atoms with Crippen LogP contribution in [0.5, 0.6) is 0 Å². The molecule has 4 nitrogen and oxygen atoms in total. The van der Waals surface area contributed by atoms with Gasteiger partial charge in [-0.05, 0) is 36.6 Å². The molecule has 124 valence electrons. The highest BCUT2D eigenvalue weighted by molar-refractivity contribution is 7.21. The summed E-state index contributed by atoms with van der Waals surface area (Å²) < 4.78 is 0. The Balaban J connectivity index is 1.62. The van der Waals surface area contributed by atoms with Crippen molar-refractivity contribution in [3.8, 4) is 9.88 Å². The number of carbonyl (C=O) groups is 1. The fourth-order valence-electron chi connectivity index (χ4n) is 2.06. The lowest BCUT2D eigenvalue weighted by atomic mass is 10.3. The molecule has 0 radical (unpaired) electrons. The van der Waals surface area contributed by atoms with Crippen molar-refractivity contribution in [2.75, 3.05) is 5.32 Å². The van der Waals surface area contributed by atoms with Crippen LogP contribution >= 0.6 is 45.9 Å². The summed E-state index contributed by atoms with van der Waals surface area (Å²) in [6, 6.07) is 8.60. The highest BCUT2D eigenvalue weighted by Gasteiger charge is 2.11. The van der Waals surface area contributed by atoms with E-state index >= 15 is 0 Å². The molecule has 0 aliphatic rings. The van der Waals surface area contributed by atoms with Crippen LogP contribution in [0.1, 0.15) is 10.6 Å². The molecular formula is C16H13Cl2N3OS2. The quantitative estimate of drug-likeness (QED) is 0.583. The zero-order valence-electron chi connectivity index (χ0n) is 12.6. The highest BCUT2D eigenvalue weighted by atomic mass is 35.5. The minimum Gasteiger partial charge on any atom is -0.333 e. The smallest absolute Gasteiger partial charge is 0.319 e. The number of nitrogens with zero attached hydrogens (tertiary/aromatic N) is 1. The number of aryl methyl sites for hydroxylation is 1. The molecule has 0 aliphatic carbocycles. The Morgan fingerprint density at radius 1 is 1.25 bits per heavy atom. The maximum atomic E-state index is 12.0. The summed E-state index contributed by atoms with van der Waals surface area (Å²) in [5.74, 6) is 0. The predicted molar refractivity (Wildman–Crippen MR) is 102 cm³/mol. The lowest BCUT2D eigenvalue weighted by Crippen LogP contribution is -2.28. The zero-order valence-corrected chi connectivity index (χ0v) is 15.7. The Bertz CT molecular complexity index is 842. The van der Waals surface area contributed by atoms with E-state index in [1.807, 2.05) is 24.4 Å².